The second kappa shape index (κ2) is 6.23. The van der Waals surface area contributed by atoms with Gasteiger partial charge in [-0.25, -0.2) is 4.39 Å². The van der Waals surface area contributed by atoms with E-state index < -0.39 is 0 Å². The van der Waals surface area contributed by atoms with E-state index in [-0.39, 0.29) is 17.4 Å². The van der Waals surface area contributed by atoms with Crippen molar-refractivity contribution >= 4 is 0 Å². The monoisotopic (exact) mass is 278 g/mol. The molecule has 2 rings (SSSR count). The Balaban J connectivity index is 2.41. The first kappa shape index (κ1) is 15.5. The van der Waals surface area contributed by atoms with Crippen molar-refractivity contribution in [2.45, 2.75) is 58.0 Å². The molecule has 2 nitrogen and oxygen atoms in total. The number of hydrogen-bond acceptors (Lipinski definition) is 2. The lowest BCUT2D eigenvalue weighted by Crippen LogP contribution is -2.53. The summed E-state index contributed by atoms with van der Waals surface area (Å²) in [4.78, 5) is 2.48. The van der Waals surface area contributed by atoms with Gasteiger partial charge in [0.05, 0.1) is 0 Å². The summed E-state index contributed by atoms with van der Waals surface area (Å²) >= 11 is 0. The second-order valence-electron chi connectivity index (χ2n) is 5.96. The molecule has 0 aliphatic heterocycles. The fraction of sp³-hybridized carbons (Fsp3) is 0.647. The van der Waals surface area contributed by atoms with Crippen LogP contribution in [0.4, 0.5) is 4.39 Å². The minimum absolute atomic E-state index is 0.00204. The van der Waals surface area contributed by atoms with E-state index in [0.29, 0.717) is 0 Å². The van der Waals surface area contributed by atoms with Crippen LogP contribution in [0.2, 0.25) is 0 Å². The lowest BCUT2D eigenvalue weighted by molar-refractivity contribution is 0.0767. The van der Waals surface area contributed by atoms with Gasteiger partial charge in [-0.2, -0.15) is 0 Å². The number of aryl methyl sites for hydroxylation is 1. The van der Waals surface area contributed by atoms with E-state index in [2.05, 4.69) is 18.7 Å². The van der Waals surface area contributed by atoms with E-state index in [0.717, 1.165) is 37.1 Å². The molecule has 1 unspecified atom stereocenters. The van der Waals surface area contributed by atoms with Crippen molar-refractivity contribution in [2.24, 2.45) is 5.73 Å². The summed E-state index contributed by atoms with van der Waals surface area (Å²) in [6.07, 6.45) is 4.68. The van der Waals surface area contributed by atoms with E-state index in [1.807, 2.05) is 13.0 Å². The van der Waals surface area contributed by atoms with Crippen LogP contribution in [0.3, 0.4) is 0 Å². The molecule has 2 N–H and O–H groups in total. The molecule has 1 fully saturated rings. The Morgan fingerprint density at radius 2 is 1.85 bits per heavy atom. The van der Waals surface area contributed by atoms with Crippen LogP contribution in [0.5, 0.6) is 0 Å². The first-order valence-electron chi connectivity index (χ1n) is 7.82. The Labute approximate surface area is 122 Å². The average Bonchev–Trinajstić information content (AvgIpc) is 2.93. The maximum absolute atomic E-state index is 13.6. The molecule has 0 heterocycles. The van der Waals surface area contributed by atoms with Gasteiger partial charge in [0.25, 0.3) is 0 Å². The summed E-state index contributed by atoms with van der Waals surface area (Å²) in [5.74, 6) is -0.186. The second-order valence-corrected chi connectivity index (χ2v) is 5.96. The summed E-state index contributed by atoms with van der Waals surface area (Å²) in [6, 6.07) is 4.88. The predicted octanol–water partition coefficient (Wildman–Crippen LogP) is 3.79. The van der Waals surface area contributed by atoms with E-state index >= 15 is 0 Å². The van der Waals surface area contributed by atoms with Gasteiger partial charge in [-0.15, -0.1) is 0 Å². The van der Waals surface area contributed by atoms with Gasteiger partial charge >= 0.3 is 0 Å². The highest BCUT2D eigenvalue weighted by Gasteiger charge is 2.44. The zero-order chi connectivity index (χ0) is 14.8. The van der Waals surface area contributed by atoms with Gasteiger partial charge in [0.15, 0.2) is 0 Å². The Hall–Kier alpha value is -0.930. The summed E-state index contributed by atoms with van der Waals surface area (Å²) in [6.45, 7) is 8.40. The molecule has 0 aromatic heterocycles. The van der Waals surface area contributed by atoms with Gasteiger partial charge < -0.3 is 5.73 Å². The van der Waals surface area contributed by atoms with Gasteiger partial charge in [0.2, 0.25) is 0 Å². The van der Waals surface area contributed by atoms with Crippen molar-refractivity contribution in [3.8, 4) is 0 Å². The Bertz CT molecular complexity index is 448. The maximum atomic E-state index is 13.6. The van der Waals surface area contributed by atoms with E-state index in [1.165, 1.54) is 18.9 Å². The number of nitrogens with two attached hydrogens (primary N) is 1. The zero-order valence-electron chi connectivity index (χ0n) is 13.0. The van der Waals surface area contributed by atoms with E-state index in [4.69, 9.17) is 5.73 Å². The first-order chi connectivity index (χ1) is 9.55. The van der Waals surface area contributed by atoms with Crippen molar-refractivity contribution in [1.82, 2.24) is 4.90 Å². The molecule has 1 aliphatic rings. The van der Waals surface area contributed by atoms with Gasteiger partial charge in [-0.05, 0) is 56.1 Å². The molecule has 0 radical (unpaired) electrons. The molecule has 112 valence electrons. The van der Waals surface area contributed by atoms with Crippen LogP contribution in [0, 0.1) is 12.7 Å². The zero-order valence-corrected chi connectivity index (χ0v) is 13.0. The van der Waals surface area contributed by atoms with Crippen LogP contribution in [0.1, 0.15) is 56.7 Å². The van der Waals surface area contributed by atoms with Crippen LogP contribution >= 0.6 is 0 Å². The largest absolute Gasteiger partial charge is 0.322 e. The van der Waals surface area contributed by atoms with Crippen molar-refractivity contribution in [3.05, 3.63) is 35.1 Å². The van der Waals surface area contributed by atoms with E-state index in [1.54, 1.807) is 6.07 Å². The lowest BCUT2D eigenvalue weighted by Gasteiger charge is -2.45. The number of halogens is 1. The molecule has 0 spiro atoms. The molecule has 0 bridgehead atoms. The molecule has 1 aliphatic carbocycles. The van der Waals surface area contributed by atoms with Crippen LogP contribution in [-0.2, 0) is 0 Å². The van der Waals surface area contributed by atoms with Crippen LogP contribution < -0.4 is 5.73 Å². The smallest absolute Gasteiger partial charge is 0.123 e. The Morgan fingerprint density at radius 3 is 2.40 bits per heavy atom. The third kappa shape index (κ3) is 2.61. The molecular formula is C17H27FN2. The standard InChI is InChI=1S/C17H27FN2/c1-4-20(5-2)17(10-6-7-11-17)16(19)15-12-14(18)9-8-13(15)3/h8-9,12,16H,4-7,10-11,19H2,1-3H3. The summed E-state index contributed by atoms with van der Waals surface area (Å²) in [5, 5.41) is 0. The number of likely N-dealkylation sites (N-methyl/N-ethyl adjacent to an activating group) is 1. The lowest BCUT2D eigenvalue weighted by atomic mass is 9.81. The molecular weight excluding hydrogens is 251 g/mol. The molecule has 1 saturated carbocycles. The minimum atomic E-state index is -0.186. The number of rotatable bonds is 5. The molecule has 1 aromatic carbocycles. The number of nitrogens with zero attached hydrogens (tertiary/aromatic N) is 1. The van der Waals surface area contributed by atoms with Crippen LogP contribution in [-0.4, -0.2) is 23.5 Å². The van der Waals surface area contributed by atoms with Crippen LogP contribution in [0.25, 0.3) is 0 Å². The molecule has 1 aromatic rings. The molecule has 0 saturated heterocycles. The highest BCUT2D eigenvalue weighted by Crippen LogP contribution is 2.44. The van der Waals surface area contributed by atoms with Crippen molar-refractivity contribution in [1.29, 1.82) is 0 Å². The normalized spacial score (nSPS) is 19.5. The van der Waals surface area contributed by atoms with Crippen LogP contribution in [0.15, 0.2) is 18.2 Å². The van der Waals surface area contributed by atoms with Crippen molar-refractivity contribution in [3.63, 3.8) is 0 Å². The van der Waals surface area contributed by atoms with Gasteiger partial charge in [0, 0.05) is 11.6 Å². The van der Waals surface area contributed by atoms with Crippen molar-refractivity contribution < 1.29 is 4.39 Å². The van der Waals surface area contributed by atoms with Gasteiger partial charge in [-0.3, -0.25) is 4.90 Å². The molecule has 1 atom stereocenters. The molecule has 20 heavy (non-hydrogen) atoms. The Kier molecular flexibility index (Phi) is 4.82. The average molecular weight is 278 g/mol. The highest BCUT2D eigenvalue weighted by atomic mass is 19.1. The van der Waals surface area contributed by atoms with Crippen molar-refractivity contribution in [2.75, 3.05) is 13.1 Å². The van der Waals surface area contributed by atoms with Gasteiger partial charge in [0.1, 0.15) is 5.82 Å². The summed E-state index contributed by atoms with van der Waals surface area (Å²) in [5.41, 5.74) is 8.72. The van der Waals surface area contributed by atoms with Gasteiger partial charge in [-0.1, -0.05) is 32.8 Å². The highest BCUT2D eigenvalue weighted by molar-refractivity contribution is 5.32. The quantitative estimate of drug-likeness (QED) is 0.888. The first-order valence-corrected chi connectivity index (χ1v) is 7.82. The topological polar surface area (TPSA) is 29.3 Å². The molecule has 3 heteroatoms. The summed E-state index contributed by atoms with van der Waals surface area (Å²) in [7, 11) is 0. The Morgan fingerprint density at radius 1 is 1.25 bits per heavy atom. The maximum Gasteiger partial charge on any atom is 0.123 e. The molecule has 0 amide bonds. The minimum Gasteiger partial charge on any atom is -0.322 e. The van der Waals surface area contributed by atoms with E-state index in [9.17, 15) is 4.39 Å². The fourth-order valence-corrected chi connectivity index (χ4v) is 3.90. The third-order valence-electron chi connectivity index (χ3n) is 5.02. The summed E-state index contributed by atoms with van der Waals surface area (Å²) < 4.78 is 13.6. The number of hydrogen-bond donors (Lipinski definition) is 1. The fourth-order valence-electron chi connectivity index (χ4n) is 3.90. The third-order valence-corrected chi connectivity index (χ3v) is 5.02. The SMILES string of the molecule is CCN(CC)C1(C(N)c2cc(F)ccc2C)CCCC1. The predicted molar refractivity (Wildman–Crippen MR) is 82.2 cm³/mol. The number of benzene rings is 1.